The molecule has 0 saturated carbocycles. The number of nitrogens with zero attached hydrogens (tertiary/aromatic N) is 3. The molecule has 2 aromatic heterocycles. The third-order valence-electron chi connectivity index (χ3n) is 4.08. The zero-order chi connectivity index (χ0) is 14.9. The average Bonchev–Trinajstić information content (AvgIpc) is 3.15. The molecule has 7 heteroatoms. The number of imidazole rings is 1. The Morgan fingerprint density at radius 2 is 2.33 bits per heavy atom. The van der Waals surface area contributed by atoms with Crippen molar-refractivity contribution in [1.82, 2.24) is 25.4 Å². The third kappa shape index (κ3) is 2.58. The number of H-pyrrole nitrogens is 1. The number of ether oxygens (including phenoxy) is 1. The highest BCUT2D eigenvalue weighted by Gasteiger charge is 2.33. The molecule has 0 aromatic carbocycles. The van der Waals surface area contributed by atoms with E-state index in [1.54, 1.807) is 6.33 Å². The van der Waals surface area contributed by atoms with Gasteiger partial charge in [0.25, 0.3) is 0 Å². The number of hydrogen-bond acceptors (Lipinski definition) is 6. The summed E-state index contributed by atoms with van der Waals surface area (Å²) in [5, 5.41) is 7.50. The van der Waals surface area contributed by atoms with Crippen LogP contribution in [0.5, 0.6) is 0 Å². The molecule has 2 aromatic rings. The molecule has 2 unspecified atom stereocenters. The summed E-state index contributed by atoms with van der Waals surface area (Å²) in [5.41, 5.74) is 1.68. The second-order valence-electron chi connectivity index (χ2n) is 5.44. The lowest BCUT2D eigenvalue weighted by Gasteiger charge is -2.24. The van der Waals surface area contributed by atoms with Crippen molar-refractivity contribution in [2.24, 2.45) is 0 Å². The second kappa shape index (κ2) is 5.57. The second-order valence-corrected chi connectivity index (χ2v) is 5.44. The molecule has 0 aliphatic carbocycles. The Hall–Kier alpha value is -1.73. The van der Waals surface area contributed by atoms with Crippen LogP contribution in [0.1, 0.15) is 56.3 Å². The van der Waals surface area contributed by atoms with Gasteiger partial charge < -0.3 is 14.2 Å². The van der Waals surface area contributed by atoms with E-state index in [-0.39, 0.29) is 6.04 Å². The van der Waals surface area contributed by atoms with Crippen molar-refractivity contribution < 1.29 is 9.26 Å². The van der Waals surface area contributed by atoms with E-state index in [0.717, 1.165) is 30.8 Å². The topological polar surface area (TPSA) is 88.9 Å². The number of hydrogen-bond donors (Lipinski definition) is 2. The SMILES string of the molecule is CCOC(C)(CC)c1noc(C2Cc3nc[nH]c3CN2)n1. The van der Waals surface area contributed by atoms with Crippen molar-refractivity contribution in [2.75, 3.05) is 6.61 Å². The van der Waals surface area contributed by atoms with E-state index in [4.69, 9.17) is 9.26 Å². The van der Waals surface area contributed by atoms with Crippen LogP contribution in [0.15, 0.2) is 10.9 Å². The van der Waals surface area contributed by atoms with Crippen LogP contribution in [-0.4, -0.2) is 26.7 Å². The molecule has 0 saturated heterocycles. The van der Waals surface area contributed by atoms with Crippen LogP contribution < -0.4 is 5.32 Å². The first kappa shape index (κ1) is 14.2. The fourth-order valence-electron chi connectivity index (χ4n) is 2.58. The quantitative estimate of drug-likeness (QED) is 0.874. The van der Waals surface area contributed by atoms with Gasteiger partial charge in [-0.25, -0.2) is 4.98 Å². The van der Waals surface area contributed by atoms with Gasteiger partial charge in [-0.2, -0.15) is 4.98 Å². The Bertz CT molecular complexity index is 608. The minimum Gasteiger partial charge on any atom is -0.367 e. The van der Waals surface area contributed by atoms with E-state index in [9.17, 15) is 0 Å². The maximum Gasteiger partial charge on any atom is 0.244 e. The lowest BCUT2D eigenvalue weighted by Crippen LogP contribution is -2.29. The molecule has 2 atom stereocenters. The van der Waals surface area contributed by atoms with Gasteiger partial charge in [0.05, 0.1) is 23.8 Å². The van der Waals surface area contributed by atoms with Crippen LogP contribution in [0.25, 0.3) is 0 Å². The van der Waals surface area contributed by atoms with E-state index in [1.807, 2.05) is 13.8 Å². The summed E-state index contributed by atoms with van der Waals surface area (Å²) >= 11 is 0. The number of aromatic amines is 1. The Morgan fingerprint density at radius 3 is 3.10 bits per heavy atom. The van der Waals surface area contributed by atoms with Crippen molar-refractivity contribution in [3.8, 4) is 0 Å². The minimum absolute atomic E-state index is 0.00443. The van der Waals surface area contributed by atoms with Crippen LogP contribution >= 0.6 is 0 Å². The summed E-state index contributed by atoms with van der Waals surface area (Å²) in [6.45, 7) is 7.36. The highest BCUT2D eigenvalue weighted by molar-refractivity contribution is 5.18. The van der Waals surface area contributed by atoms with E-state index < -0.39 is 5.60 Å². The van der Waals surface area contributed by atoms with Crippen molar-refractivity contribution >= 4 is 0 Å². The first-order chi connectivity index (χ1) is 10.2. The Labute approximate surface area is 123 Å². The van der Waals surface area contributed by atoms with E-state index in [1.165, 1.54) is 0 Å². The largest absolute Gasteiger partial charge is 0.367 e. The van der Waals surface area contributed by atoms with Crippen molar-refractivity contribution in [3.05, 3.63) is 29.4 Å². The Balaban J connectivity index is 1.79. The number of fused-ring (bicyclic) bond motifs is 1. The minimum atomic E-state index is -0.497. The van der Waals surface area contributed by atoms with Crippen LogP contribution in [0.3, 0.4) is 0 Å². The molecule has 0 radical (unpaired) electrons. The molecule has 0 amide bonds. The lowest BCUT2D eigenvalue weighted by atomic mass is 10.0. The monoisotopic (exact) mass is 291 g/mol. The summed E-state index contributed by atoms with van der Waals surface area (Å²) < 4.78 is 11.2. The smallest absolute Gasteiger partial charge is 0.244 e. The maximum atomic E-state index is 5.79. The molecule has 3 rings (SSSR count). The number of rotatable bonds is 5. The fraction of sp³-hybridized carbons (Fsp3) is 0.643. The molecular weight excluding hydrogens is 270 g/mol. The van der Waals surface area contributed by atoms with Gasteiger partial charge in [0.15, 0.2) is 0 Å². The molecule has 7 nitrogen and oxygen atoms in total. The summed E-state index contributed by atoms with van der Waals surface area (Å²) in [6.07, 6.45) is 3.26. The predicted molar refractivity (Wildman–Crippen MR) is 75.4 cm³/mol. The third-order valence-corrected chi connectivity index (χ3v) is 4.08. The van der Waals surface area contributed by atoms with Crippen molar-refractivity contribution in [2.45, 2.75) is 51.8 Å². The van der Waals surface area contributed by atoms with Crippen LogP contribution in [0, 0.1) is 0 Å². The molecule has 3 heterocycles. The maximum absolute atomic E-state index is 5.79. The zero-order valence-corrected chi connectivity index (χ0v) is 12.6. The summed E-state index contributed by atoms with van der Waals surface area (Å²) in [7, 11) is 0. The number of nitrogens with one attached hydrogen (secondary N) is 2. The molecule has 1 aliphatic rings. The predicted octanol–water partition coefficient (Wildman–Crippen LogP) is 1.84. The Morgan fingerprint density at radius 1 is 1.48 bits per heavy atom. The molecule has 0 spiro atoms. The Kier molecular flexibility index (Phi) is 3.77. The van der Waals surface area contributed by atoms with Gasteiger partial charge in [-0.15, -0.1) is 0 Å². The first-order valence-corrected chi connectivity index (χ1v) is 7.38. The van der Waals surface area contributed by atoms with Crippen molar-refractivity contribution in [3.63, 3.8) is 0 Å². The highest BCUT2D eigenvalue weighted by Crippen LogP contribution is 2.29. The van der Waals surface area contributed by atoms with E-state index >= 15 is 0 Å². The fourth-order valence-corrected chi connectivity index (χ4v) is 2.58. The first-order valence-electron chi connectivity index (χ1n) is 7.38. The van der Waals surface area contributed by atoms with Crippen LogP contribution in [-0.2, 0) is 23.3 Å². The standard InChI is InChI=1S/C14H21N5O2/c1-4-14(3,20-5-2)13-18-12(21-19-13)10-6-9-11(7-15-10)17-8-16-9/h8,10,15H,4-7H2,1-3H3,(H,16,17). The van der Waals surface area contributed by atoms with Gasteiger partial charge in [-0.1, -0.05) is 12.1 Å². The van der Waals surface area contributed by atoms with Gasteiger partial charge in [0.2, 0.25) is 11.7 Å². The molecule has 0 bridgehead atoms. The van der Waals surface area contributed by atoms with Gasteiger partial charge >= 0.3 is 0 Å². The van der Waals surface area contributed by atoms with Gasteiger partial charge in [-0.3, -0.25) is 5.32 Å². The van der Waals surface area contributed by atoms with E-state index in [2.05, 4.69) is 32.3 Å². The molecule has 114 valence electrons. The van der Waals surface area contributed by atoms with E-state index in [0.29, 0.717) is 18.3 Å². The molecule has 2 N–H and O–H groups in total. The van der Waals surface area contributed by atoms with Crippen LogP contribution in [0.4, 0.5) is 0 Å². The molecular formula is C14H21N5O2. The van der Waals surface area contributed by atoms with Gasteiger partial charge in [-0.05, 0) is 20.3 Å². The molecule has 21 heavy (non-hydrogen) atoms. The normalized spacial score (nSPS) is 21.0. The summed E-state index contributed by atoms with van der Waals surface area (Å²) in [6, 6.07) is 0.00443. The lowest BCUT2D eigenvalue weighted by molar-refractivity contribution is -0.0403. The van der Waals surface area contributed by atoms with Crippen LogP contribution in [0.2, 0.25) is 0 Å². The number of aromatic nitrogens is 4. The summed E-state index contributed by atoms with van der Waals surface area (Å²) in [4.78, 5) is 12.0. The zero-order valence-electron chi connectivity index (χ0n) is 12.6. The molecule has 1 aliphatic heterocycles. The molecule has 0 fully saturated rings. The van der Waals surface area contributed by atoms with Gasteiger partial charge in [0.1, 0.15) is 5.60 Å². The van der Waals surface area contributed by atoms with Gasteiger partial charge in [0, 0.05) is 19.6 Å². The highest BCUT2D eigenvalue weighted by atomic mass is 16.5. The van der Waals surface area contributed by atoms with Crippen molar-refractivity contribution in [1.29, 1.82) is 0 Å². The summed E-state index contributed by atoms with van der Waals surface area (Å²) in [5.74, 6) is 1.20. The average molecular weight is 291 g/mol.